The molecule has 2 heterocycles. The molecule has 0 saturated carbocycles. The molecule has 0 aliphatic carbocycles. The van der Waals surface area contributed by atoms with E-state index in [2.05, 4.69) is 39.6 Å². The van der Waals surface area contributed by atoms with Crippen LogP contribution < -0.4 is 10.1 Å². The maximum Gasteiger partial charge on any atom is 0.236 e. The second-order valence-corrected chi connectivity index (χ2v) is 9.14. The summed E-state index contributed by atoms with van der Waals surface area (Å²) in [5, 5.41) is 12.8. The molecule has 2 aromatic heterocycles. The first-order chi connectivity index (χ1) is 15.6. The molecule has 4 rings (SSSR count). The number of para-hydroxylation sites is 1. The molecule has 0 aliphatic rings. The SMILES string of the molecule is CCc1ccc(O[C@H](C)c2nnc(SCC(=O)Nc3nc4ccccc4s3)n2CC)cc1. The second kappa shape index (κ2) is 10.1. The van der Waals surface area contributed by atoms with Crippen LogP contribution in [-0.2, 0) is 17.8 Å². The lowest BCUT2D eigenvalue weighted by atomic mass is 10.2. The number of hydrogen-bond donors (Lipinski definition) is 1. The highest BCUT2D eigenvalue weighted by Crippen LogP contribution is 2.27. The Labute approximate surface area is 195 Å². The van der Waals surface area contributed by atoms with Crippen LogP contribution in [0.4, 0.5) is 5.13 Å². The normalized spacial score (nSPS) is 12.1. The van der Waals surface area contributed by atoms with Crippen molar-refractivity contribution >= 4 is 44.4 Å². The number of anilines is 1. The molecule has 2 aromatic carbocycles. The zero-order chi connectivity index (χ0) is 22.5. The van der Waals surface area contributed by atoms with Gasteiger partial charge >= 0.3 is 0 Å². The summed E-state index contributed by atoms with van der Waals surface area (Å²) >= 11 is 2.82. The summed E-state index contributed by atoms with van der Waals surface area (Å²) in [7, 11) is 0. The van der Waals surface area contributed by atoms with Gasteiger partial charge in [-0.2, -0.15) is 0 Å². The van der Waals surface area contributed by atoms with E-state index in [0.29, 0.717) is 16.8 Å². The number of nitrogens with zero attached hydrogens (tertiary/aromatic N) is 4. The van der Waals surface area contributed by atoms with E-state index >= 15 is 0 Å². The number of aromatic nitrogens is 4. The minimum absolute atomic E-state index is 0.124. The Kier molecular flexibility index (Phi) is 7.06. The molecular weight excluding hydrogens is 442 g/mol. The highest BCUT2D eigenvalue weighted by atomic mass is 32.2. The fourth-order valence-electron chi connectivity index (χ4n) is 3.28. The number of aryl methyl sites for hydroxylation is 1. The van der Waals surface area contributed by atoms with Gasteiger partial charge in [0.05, 0.1) is 16.0 Å². The minimum atomic E-state index is -0.263. The lowest BCUT2D eigenvalue weighted by Crippen LogP contribution is -2.15. The van der Waals surface area contributed by atoms with Crippen molar-refractivity contribution in [1.29, 1.82) is 0 Å². The molecule has 0 bridgehead atoms. The van der Waals surface area contributed by atoms with Gasteiger partial charge in [-0.3, -0.25) is 4.79 Å². The summed E-state index contributed by atoms with van der Waals surface area (Å²) in [5.41, 5.74) is 2.15. The summed E-state index contributed by atoms with van der Waals surface area (Å²) in [5.74, 6) is 1.63. The fraction of sp³-hybridized carbons (Fsp3) is 0.304. The van der Waals surface area contributed by atoms with Crippen molar-refractivity contribution in [2.24, 2.45) is 0 Å². The topological polar surface area (TPSA) is 81.9 Å². The number of benzene rings is 2. The van der Waals surface area contributed by atoms with E-state index in [9.17, 15) is 4.79 Å². The smallest absolute Gasteiger partial charge is 0.236 e. The third kappa shape index (κ3) is 5.11. The third-order valence-corrected chi connectivity index (χ3v) is 6.86. The van der Waals surface area contributed by atoms with Crippen LogP contribution in [0, 0.1) is 0 Å². The monoisotopic (exact) mass is 467 g/mol. The fourth-order valence-corrected chi connectivity index (χ4v) is 4.97. The Bertz CT molecular complexity index is 1170. The highest BCUT2D eigenvalue weighted by molar-refractivity contribution is 7.99. The number of carbonyl (C=O) groups is 1. The van der Waals surface area contributed by atoms with E-state index in [-0.39, 0.29) is 17.8 Å². The van der Waals surface area contributed by atoms with Crippen molar-refractivity contribution in [1.82, 2.24) is 19.7 Å². The van der Waals surface area contributed by atoms with Crippen LogP contribution in [0.25, 0.3) is 10.2 Å². The van der Waals surface area contributed by atoms with Crippen molar-refractivity contribution in [3.8, 4) is 5.75 Å². The Morgan fingerprint density at radius 3 is 2.66 bits per heavy atom. The zero-order valence-electron chi connectivity index (χ0n) is 18.2. The lowest BCUT2D eigenvalue weighted by molar-refractivity contribution is -0.113. The molecule has 4 aromatic rings. The lowest BCUT2D eigenvalue weighted by Gasteiger charge is -2.15. The average Bonchev–Trinajstić information content (AvgIpc) is 3.41. The number of amides is 1. The number of nitrogens with one attached hydrogen (secondary N) is 1. The Morgan fingerprint density at radius 1 is 1.16 bits per heavy atom. The van der Waals surface area contributed by atoms with Crippen molar-refractivity contribution < 1.29 is 9.53 Å². The van der Waals surface area contributed by atoms with Crippen molar-refractivity contribution in [3.05, 3.63) is 59.9 Å². The summed E-state index contributed by atoms with van der Waals surface area (Å²) < 4.78 is 9.10. The first kappa shape index (κ1) is 22.3. The number of thioether (sulfide) groups is 1. The van der Waals surface area contributed by atoms with E-state index in [4.69, 9.17) is 4.74 Å². The number of fused-ring (bicyclic) bond motifs is 1. The molecular formula is C23H25N5O2S2. The predicted octanol–water partition coefficient (Wildman–Crippen LogP) is 5.34. The van der Waals surface area contributed by atoms with Crippen molar-refractivity contribution in [2.45, 2.75) is 45.0 Å². The van der Waals surface area contributed by atoms with Gasteiger partial charge < -0.3 is 14.6 Å². The van der Waals surface area contributed by atoms with E-state index < -0.39 is 0 Å². The van der Waals surface area contributed by atoms with Crippen LogP contribution in [0.15, 0.2) is 53.7 Å². The van der Waals surface area contributed by atoms with Gasteiger partial charge in [0.1, 0.15) is 5.75 Å². The minimum Gasteiger partial charge on any atom is -0.483 e. The van der Waals surface area contributed by atoms with Crippen molar-refractivity contribution in [3.63, 3.8) is 0 Å². The van der Waals surface area contributed by atoms with E-state index in [1.165, 1.54) is 28.7 Å². The quantitative estimate of drug-likeness (QED) is 0.335. The van der Waals surface area contributed by atoms with Gasteiger partial charge in [0.15, 0.2) is 22.2 Å². The molecule has 0 radical (unpaired) electrons. The van der Waals surface area contributed by atoms with Crippen LogP contribution in [0.5, 0.6) is 5.75 Å². The van der Waals surface area contributed by atoms with E-state index in [0.717, 1.165) is 28.2 Å². The molecule has 1 N–H and O–H groups in total. The van der Waals surface area contributed by atoms with Gasteiger partial charge in [-0.05, 0) is 50.1 Å². The maximum atomic E-state index is 12.4. The molecule has 166 valence electrons. The van der Waals surface area contributed by atoms with Gasteiger partial charge in [-0.1, -0.05) is 54.3 Å². The molecule has 1 amide bonds. The Balaban J connectivity index is 1.37. The summed E-state index contributed by atoms with van der Waals surface area (Å²) in [6, 6.07) is 15.9. The Morgan fingerprint density at radius 2 is 1.94 bits per heavy atom. The maximum absolute atomic E-state index is 12.4. The first-order valence-corrected chi connectivity index (χ1v) is 12.3. The summed E-state index contributed by atoms with van der Waals surface area (Å²) in [6.45, 7) is 6.80. The molecule has 0 saturated heterocycles. The van der Waals surface area contributed by atoms with Gasteiger partial charge in [0, 0.05) is 6.54 Å². The van der Waals surface area contributed by atoms with Gasteiger partial charge in [0.25, 0.3) is 0 Å². The van der Waals surface area contributed by atoms with Crippen LogP contribution >= 0.6 is 23.1 Å². The zero-order valence-corrected chi connectivity index (χ0v) is 19.9. The van der Waals surface area contributed by atoms with Crippen LogP contribution in [0.1, 0.15) is 38.3 Å². The molecule has 1 atom stereocenters. The molecule has 0 spiro atoms. The molecule has 9 heteroatoms. The largest absolute Gasteiger partial charge is 0.483 e. The summed E-state index contributed by atoms with van der Waals surface area (Å²) in [4.78, 5) is 16.9. The van der Waals surface area contributed by atoms with Gasteiger partial charge in [-0.15, -0.1) is 10.2 Å². The molecule has 0 aliphatic heterocycles. The van der Waals surface area contributed by atoms with Crippen LogP contribution in [-0.4, -0.2) is 31.4 Å². The van der Waals surface area contributed by atoms with E-state index in [1.54, 1.807) is 0 Å². The van der Waals surface area contributed by atoms with Crippen LogP contribution in [0.2, 0.25) is 0 Å². The summed E-state index contributed by atoms with van der Waals surface area (Å²) in [6.07, 6.45) is 0.730. The first-order valence-electron chi connectivity index (χ1n) is 10.5. The molecule has 0 unspecified atom stereocenters. The number of hydrogen-bond acceptors (Lipinski definition) is 7. The Hall–Kier alpha value is -2.91. The van der Waals surface area contributed by atoms with Crippen molar-refractivity contribution in [2.75, 3.05) is 11.1 Å². The average molecular weight is 468 g/mol. The number of rotatable bonds is 9. The predicted molar refractivity (Wildman–Crippen MR) is 130 cm³/mol. The molecule has 32 heavy (non-hydrogen) atoms. The second-order valence-electron chi connectivity index (χ2n) is 7.17. The third-order valence-electron chi connectivity index (χ3n) is 4.94. The molecule has 0 fully saturated rings. The number of thiazole rings is 1. The van der Waals surface area contributed by atoms with Gasteiger partial charge in [-0.25, -0.2) is 4.98 Å². The van der Waals surface area contributed by atoms with Crippen LogP contribution in [0.3, 0.4) is 0 Å². The van der Waals surface area contributed by atoms with Gasteiger partial charge in [0.2, 0.25) is 5.91 Å². The highest BCUT2D eigenvalue weighted by Gasteiger charge is 2.19. The number of carbonyl (C=O) groups excluding carboxylic acids is 1. The molecule has 7 nitrogen and oxygen atoms in total. The van der Waals surface area contributed by atoms with E-state index in [1.807, 2.05) is 54.8 Å². The standard InChI is InChI=1S/C23H25N5O2S2/c1-4-16-10-12-17(13-11-16)30-15(3)21-26-27-23(28(21)5-2)31-14-20(29)25-22-24-18-8-6-7-9-19(18)32-22/h6-13,15H,4-5,14H2,1-3H3,(H,24,25,29)/t15-/m1/s1. The number of ether oxygens (including phenoxy) is 1.